The molecule has 0 saturated carbocycles. The molecule has 142 valence electrons. The highest BCUT2D eigenvalue weighted by Crippen LogP contribution is 2.30. The molecule has 0 radical (unpaired) electrons. The summed E-state index contributed by atoms with van der Waals surface area (Å²) >= 11 is 1.66. The van der Waals surface area contributed by atoms with Crippen LogP contribution in [0.3, 0.4) is 0 Å². The van der Waals surface area contributed by atoms with Gasteiger partial charge in [-0.3, -0.25) is 9.69 Å². The Morgan fingerprint density at radius 2 is 1.93 bits per heavy atom. The molecule has 1 amide bonds. The van der Waals surface area contributed by atoms with Crippen LogP contribution in [0.4, 0.5) is 5.69 Å². The Bertz CT molecular complexity index is 908. The molecule has 1 atom stereocenters. The smallest absolute Gasteiger partial charge is 0.238 e. The molecule has 0 aliphatic rings. The van der Waals surface area contributed by atoms with Gasteiger partial charge in [-0.15, -0.1) is 11.3 Å². The second-order valence-corrected chi connectivity index (χ2v) is 7.29. The predicted molar refractivity (Wildman–Crippen MR) is 109 cm³/mol. The molecule has 6 nitrogen and oxygen atoms in total. The van der Waals surface area contributed by atoms with Crippen LogP contribution >= 0.6 is 11.3 Å². The minimum atomic E-state index is -0.0994. The lowest BCUT2D eigenvalue weighted by atomic mass is 10.2. The zero-order valence-corrected chi connectivity index (χ0v) is 16.7. The van der Waals surface area contributed by atoms with Gasteiger partial charge in [0.25, 0.3) is 0 Å². The molecule has 27 heavy (non-hydrogen) atoms. The summed E-state index contributed by atoms with van der Waals surface area (Å²) in [4.78, 5) is 19.1. The Morgan fingerprint density at radius 1 is 1.19 bits per heavy atom. The van der Waals surface area contributed by atoms with E-state index in [0.717, 1.165) is 15.2 Å². The first-order valence-corrected chi connectivity index (χ1v) is 9.41. The van der Waals surface area contributed by atoms with E-state index in [9.17, 15) is 4.79 Å². The summed E-state index contributed by atoms with van der Waals surface area (Å²) in [6, 6.07) is 13.4. The summed E-state index contributed by atoms with van der Waals surface area (Å²) in [5, 5.41) is 3.90. The Balaban J connectivity index is 1.64. The quantitative estimate of drug-likeness (QED) is 0.667. The molecule has 0 aliphatic carbocycles. The largest absolute Gasteiger partial charge is 0.493 e. The number of benzene rings is 2. The molecule has 0 saturated heterocycles. The molecule has 1 N–H and O–H groups in total. The molecule has 1 heterocycles. The molecule has 3 rings (SSSR count). The minimum Gasteiger partial charge on any atom is -0.493 e. The van der Waals surface area contributed by atoms with E-state index in [2.05, 4.69) is 23.3 Å². The van der Waals surface area contributed by atoms with Crippen LogP contribution in [0, 0.1) is 0 Å². The van der Waals surface area contributed by atoms with Gasteiger partial charge in [0.1, 0.15) is 5.01 Å². The van der Waals surface area contributed by atoms with Gasteiger partial charge in [-0.05, 0) is 38.2 Å². The number of rotatable bonds is 7. The van der Waals surface area contributed by atoms with E-state index in [0.29, 0.717) is 17.2 Å². The Hall–Kier alpha value is -2.64. The van der Waals surface area contributed by atoms with E-state index in [1.165, 1.54) is 0 Å². The summed E-state index contributed by atoms with van der Waals surface area (Å²) in [5.41, 5.74) is 1.66. The third-order valence-electron chi connectivity index (χ3n) is 4.39. The predicted octanol–water partition coefficient (Wildman–Crippen LogP) is 3.95. The number of fused-ring (bicyclic) bond motifs is 1. The van der Waals surface area contributed by atoms with Crippen LogP contribution in [-0.2, 0) is 4.79 Å². The number of nitrogens with zero attached hydrogens (tertiary/aromatic N) is 2. The number of thiazole rings is 1. The second-order valence-electron chi connectivity index (χ2n) is 6.23. The number of nitrogens with one attached hydrogen (secondary N) is 1. The molecule has 2 aromatic carbocycles. The maximum atomic E-state index is 12.4. The van der Waals surface area contributed by atoms with Crippen molar-refractivity contribution in [2.24, 2.45) is 0 Å². The highest BCUT2D eigenvalue weighted by atomic mass is 32.1. The molecule has 7 heteroatoms. The van der Waals surface area contributed by atoms with Gasteiger partial charge in [-0.1, -0.05) is 12.1 Å². The monoisotopic (exact) mass is 385 g/mol. The van der Waals surface area contributed by atoms with Crippen LogP contribution in [0.15, 0.2) is 42.5 Å². The van der Waals surface area contributed by atoms with E-state index < -0.39 is 0 Å². The van der Waals surface area contributed by atoms with Crippen molar-refractivity contribution >= 4 is 33.1 Å². The molecular weight excluding hydrogens is 362 g/mol. The van der Waals surface area contributed by atoms with Gasteiger partial charge in [-0.25, -0.2) is 4.98 Å². The van der Waals surface area contributed by atoms with Crippen molar-refractivity contribution in [2.75, 3.05) is 33.1 Å². The Kier molecular flexibility index (Phi) is 5.93. The van der Waals surface area contributed by atoms with E-state index >= 15 is 0 Å². The Morgan fingerprint density at radius 3 is 2.63 bits per heavy atom. The van der Waals surface area contributed by atoms with Crippen LogP contribution in [0.5, 0.6) is 11.5 Å². The minimum absolute atomic E-state index is 0.0403. The normalized spacial score (nSPS) is 12.2. The third-order valence-corrected chi connectivity index (χ3v) is 5.60. The topological polar surface area (TPSA) is 63.7 Å². The fraction of sp³-hybridized carbons (Fsp3) is 0.300. The highest BCUT2D eigenvalue weighted by Gasteiger charge is 2.19. The number of methoxy groups -OCH3 is 2. The van der Waals surface area contributed by atoms with Crippen LogP contribution < -0.4 is 14.8 Å². The molecular formula is C20H23N3O3S. The fourth-order valence-corrected chi connectivity index (χ4v) is 3.82. The van der Waals surface area contributed by atoms with Crippen molar-refractivity contribution in [2.45, 2.75) is 13.0 Å². The van der Waals surface area contributed by atoms with Gasteiger partial charge in [0.2, 0.25) is 5.91 Å². The van der Waals surface area contributed by atoms with Gasteiger partial charge < -0.3 is 14.8 Å². The Labute approximate surface area is 162 Å². The molecule has 0 spiro atoms. The van der Waals surface area contributed by atoms with E-state index in [4.69, 9.17) is 9.47 Å². The zero-order valence-electron chi connectivity index (χ0n) is 15.9. The van der Waals surface area contributed by atoms with Crippen molar-refractivity contribution in [3.8, 4) is 11.5 Å². The average Bonchev–Trinajstić information content (AvgIpc) is 3.11. The van der Waals surface area contributed by atoms with E-state index in [1.807, 2.05) is 30.1 Å². The zero-order chi connectivity index (χ0) is 19.4. The molecule has 0 fully saturated rings. The number of hydrogen-bond acceptors (Lipinski definition) is 6. The maximum absolute atomic E-state index is 12.4. The first-order valence-electron chi connectivity index (χ1n) is 8.59. The van der Waals surface area contributed by atoms with Gasteiger partial charge in [-0.2, -0.15) is 0 Å². The van der Waals surface area contributed by atoms with Crippen molar-refractivity contribution in [3.05, 3.63) is 47.5 Å². The number of anilines is 1. The highest BCUT2D eigenvalue weighted by molar-refractivity contribution is 7.18. The van der Waals surface area contributed by atoms with Gasteiger partial charge in [0, 0.05) is 11.8 Å². The number of amides is 1. The molecule has 0 bridgehead atoms. The number of carbonyl (C=O) groups is 1. The van der Waals surface area contributed by atoms with Crippen LogP contribution in [0.1, 0.15) is 18.0 Å². The first kappa shape index (κ1) is 19.1. The lowest BCUT2D eigenvalue weighted by Gasteiger charge is -2.22. The summed E-state index contributed by atoms with van der Waals surface area (Å²) in [6.07, 6.45) is 0. The third kappa shape index (κ3) is 4.37. The van der Waals surface area contributed by atoms with Crippen LogP contribution in [-0.4, -0.2) is 43.6 Å². The first-order chi connectivity index (χ1) is 13.0. The summed E-state index contributed by atoms with van der Waals surface area (Å²) < 4.78 is 11.6. The molecule has 0 unspecified atom stereocenters. The number of hydrogen-bond donors (Lipinski definition) is 1. The summed E-state index contributed by atoms with van der Waals surface area (Å²) in [5.74, 6) is 1.10. The van der Waals surface area contributed by atoms with Crippen LogP contribution in [0.2, 0.25) is 0 Å². The van der Waals surface area contributed by atoms with Crippen molar-refractivity contribution in [1.29, 1.82) is 0 Å². The summed E-state index contributed by atoms with van der Waals surface area (Å²) in [6.45, 7) is 2.31. The SMILES string of the molecule is COc1ccc(NC(=O)CN(C)[C@@H](C)c2nc3ccccc3s2)cc1OC. The number of carbonyl (C=O) groups excluding carboxylic acids is 1. The van der Waals surface area contributed by atoms with Crippen molar-refractivity contribution < 1.29 is 14.3 Å². The standard InChI is InChI=1S/C20H23N3O3S/c1-13(20-22-15-7-5-6-8-18(15)27-20)23(2)12-19(24)21-14-9-10-16(25-3)17(11-14)26-4/h5-11,13H,12H2,1-4H3,(H,21,24)/t13-/m0/s1. The van der Waals surface area contributed by atoms with Crippen LogP contribution in [0.25, 0.3) is 10.2 Å². The number of aromatic nitrogens is 1. The van der Waals surface area contributed by atoms with Gasteiger partial charge in [0.15, 0.2) is 11.5 Å². The summed E-state index contributed by atoms with van der Waals surface area (Å²) in [7, 11) is 5.07. The van der Waals surface area contributed by atoms with Gasteiger partial charge >= 0.3 is 0 Å². The maximum Gasteiger partial charge on any atom is 0.238 e. The van der Waals surface area contributed by atoms with Crippen molar-refractivity contribution in [3.63, 3.8) is 0 Å². The average molecular weight is 385 g/mol. The number of ether oxygens (including phenoxy) is 2. The second kappa shape index (κ2) is 8.37. The van der Waals surface area contributed by atoms with Crippen molar-refractivity contribution in [1.82, 2.24) is 9.88 Å². The van der Waals surface area contributed by atoms with Gasteiger partial charge in [0.05, 0.1) is 37.0 Å². The number of para-hydroxylation sites is 1. The lowest BCUT2D eigenvalue weighted by molar-refractivity contribution is -0.117. The van der Waals surface area contributed by atoms with E-state index in [-0.39, 0.29) is 18.5 Å². The molecule has 0 aliphatic heterocycles. The molecule has 3 aromatic rings. The number of likely N-dealkylation sites (N-methyl/N-ethyl adjacent to an activating group) is 1. The fourth-order valence-electron chi connectivity index (χ4n) is 2.74. The lowest BCUT2D eigenvalue weighted by Crippen LogP contribution is -2.32. The van der Waals surface area contributed by atoms with E-state index in [1.54, 1.807) is 43.8 Å². The molecule has 1 aromatic heterocycles.